The topological polar surface area (TPSA) is 190 Å². The Hall–Kier alpha value is -0.440. The Bertz CT molecular complexity index is 601. The van der Waals surface area contributed by atoms with E-state index in [1.165, 1.54) is 64.2 Å². The predicted octanol–water partition coefficient (Wildman–Crippen LogP) is 0.651. The summed E-state index contributed by atoms with van der Waals surface area (Å²) in [5, 5.41) is 50.9. The first kappa shape index (κ1) is 33.8. The van der Waals surface area contributed by atoms with Gasteiger partial charge in [0.25, 0.3) is 0 Å². The van der Waals surface area contributed by atoms with E-state index in [9.17, 15) is 25.5 Å². The average molecular weight is 551 g/mol. The minimum atomic E-state index is -1.60. The minimum absolute atomic E-state index is 0.118. The highest BCUT2D eigenvalue weighted by molar-refractivity contribution is 4.95. The van der Waals surface area contributed by atoms with Crippen molar-refractivity contribution in [1.29, 1.82) is 0 Å². The van der Waals surface area contributed by atoms with E-state index < -0.39 is 68.0 Å². The SMILES string of the molecule is CCCCCCCCCCCCCCCOC1O[C@H](CO)[C@@H](OC2O[C@H](CN)[C@H](O)[C@H](O)[C@H]2O)[C@H](O)[C@H]1N. The van der Waals surface area contributed by atoms with Gasteiger partial charge in [-0.1, -0.05) is 84.0 Å². The molecule has 0 aromatic rings. The van der Waals surface area contributed by atoms with Crippen LogP contribution >= 0.6 is 0 Å². The van der Waals surface area contributed by atoms with Gasteiger partial charge in [-0.2, -0.15) is 0 Å². The van der Waals surface area contributed by atoms with Crippen LogP contribution in [-0.4, -0.2) is 107 Å². The second kappa shape index (κ2) is 18.8. The Labute approximate surface area is 227 Å². The summed E-state index contributed by atoms with van der Waals surface area (Å²) in [5.74, 6) is 0. The van der Waals surface area contributed by atoms with E-state index in [0.717, 1.165) is 19.3 Å². The molecule has 11 heteroatoms. The Morgan fingerprint density at radius 1 is 0.658 bits per heavy atom. The monoisotopic (exact) mass is 550 g/mol. The van der Waals surface area contributed by atoms with Crippen molar-refractivity contribution in [3.05, 3.63) is 0 Å². The molecule has 10 atom stereocenters. The molecule has 2 heterocycles. The smallest absolute Gasteiger partial charge is 0.187 e. The number of rotatable bonds is 19. The molecule has 2 unspecified atom stereocenters. The van der Waals surface area contributed by atoms with Crippen LogP contribution in [0.4, 0.5) is 0 Å². The molecular formula is C27H54N2O9. The van der Waals surface area contributed by atoms with Crippen molar-refractivity contribution >= 4 is 0 Å². The highest BCUT2D eigenvalue weighted by Gasteiger charge is 2.50. The Balaban J connectivity index is 1.64. The van der Waals surface area contributed by atoms with Gasteiger partial charge in [-0.15, -0.1) is 0 Å². The van der Waals surface area contributed by atoms with E-state index in [-0.39, 0.29) is 6.54 Å². The first-order valence-corrected chi connectivity index (χ1v) is 14.7. The molecule has 0 bridgehead atoms. The second-order valence-electron chi connectivity index (χ2n) is 10.8. The third kappa shape index (κ3) is 10.5. The Morgan fingerprint density at radius 2 is 1.18 bits per heavy atom. The summed E-state index contributed by atoms with van der Waals surface area (Å²) in [6, 6.07) is -0.966. The lowest BCUT2D eigenvalue weighted by Crippen LogP contribution is -2.66. The molecule has 0 aliphatic carbocycles. The number of hydrogen-bond acceptors (Lipinski definition) is 11. The molecule has 0 aromatic carbocycles. The van der Waals surface area contributed by atoms with Crippen LogP contribution in [0.15, 0.2) is 0 Å². The van der Waals surface area contributed by atoms with Gasteiger partial charge in [0.15, 0.2) is 12.6 Å². The van der Waals surface area contributed by atoms with Crippen LogP contribution in [0.1, 0.15) is 90.4 Å². The standard InChI is InChI=1S/C27H54N2O9/c1-2-3-4-5-6-7-8-9-10-11-12-13-14-15-35-26-20(29)22(32)25(19(17-30)37-26)38-27-24(34)23(33)21(31)18(16-28)36-27/h18-27,30-34H,2-17,28-29H2,1H3/t18-,19-,20-,21+,22-,23+,24-,25-,26?,27?/m1/s1. The quantitative estimate of drug-likeness (QED) is 0.112. The Kier molecular flexibility index (Phi) is 16.7. The van der Waals surface area contributed by atoms with Gasteiger partial charge in [0.2, 0.25) is 0 Å². The molecule has 0 radical (unpaired) electrons. The molecule has 0 aromatic heterocycles. The molecule has 2 fully saturated rings. The maximum absolute atomic E-state index is 10.8. The van der Waals surface area contributed by atoms with Gasteiger partial charge < -0.3 is 55.9 Å². The number of aliphatic hydroxyl groups excluding tert-OH is 5. The van der Waals surface area contributed by atoms with Crippen molar-refractivity contribution in [2.75, 3.05) is 19.8 Å². The molecule has 0 saturated carbocycles. The fourth-order valence-corrected chi connectivity index (χ4v) is 5.10. The fourth-order valence-electron chi connectivity index (χ4n) is 5.10. The summed E-state index contributed by atoms with van der Waals surface area (Å²) in [6.45, 7) is 2.04. The summed E-state index contributed by atoms with van der Waals surface area (Å²) in [6.07, 6.45) is 4.91. The largest absolute Gasteiger partial charge is 0.394 e. The molecule has 2 aliphatic heterocycles. The summed E-state index contributed by atoms with van der Waals surface area (Å²) in [5.41, 5.74) is 11.7. The van der Waals surface area contributed by atoms with Crippen LogP contribution in [-0.2, 0) is 18.9 Å². The van der Waals surface area contributed by atoms with Crippen molar-refractivity contribution in [3.8, 4) is 0 Å². The van der Waals surface area contributed by atoms with Crippen LogP contribution in [0, 0.1) is 0 Å². The van der Waals surface area contributed by atoms with E-state index >= 15 is 0 Å². The number of ether oxygens (including phenoxy) is 4. The van der Waals surface area contributed by atoms with Gasteiger partial charge in [-0.25, -0.2) is 0 Å². The third-order valence-corrected chi connectivity index (χ3v) is 7.62. The molecule has 226 valence electrons. The summed E-state index contributed by atoms with van der Waals surface area (Å²) in [7, 11) is 0. The molecule has 0 amide bonds. The van der Waals surface area contributed by atoms with E-state index in [2.05, 4.69) is 6.92 Å². The summed E-state index contributed by atoms with van der Waals surface area (Å²) >= 11 is 0. The van der Waals surface area contributed by atoms with E-state index in [4.69, 9.17) is 30.4 Å². The van der Waals surface area contributed by atoms with Gasteiger partial charge in [0.1, 0.15) is 42.7 Å². The summed E-state index contributed by atoms with van der Waals surface area (Å²) < 4.78 is 22.7. The van der Waals surface area contributed by atoms with Gasteiger partial charge in [0, 0.05) is 13.2 Å². The van der Waals surface area contributed by atoms with E-state index in [1.807, 2.05) is 0 Å². The molecule has 0 spiro atoms. The zero-order valence-corrected chi connectivity index (χ0v) is 23.1. The molecule has 38 heavy (non-hydrogen) atoms. The first-order valence-electron chi connectivity index (χ1n) is 14.7. The van der Waals surface area contributed by atoms with Gasteiger partial charge in [0.05, 0.1) is 12.6 Å². The lowest BCUT2D eigenvalue weighted by molar-refractivity contribution is -0.344. The molecule has 9 N–H and O–H groups in total. The minimum Gasteiger partial charge on any atom is -0.394 e. The second-order valence-corrected chi connectivity index (χ2v) is 10.8. The lowest BCUT2D eigenvalue weighted by Gasteiger charge is -2.46. The van der Waals surface area contributed by atoms with Gasteiger partial charge in [-0.3, -0.25) is 0 Å². The zero-order chi connectivity index (χ0) is 27.9. The van der Waals surface area contributed by atoms with Crippen LogP contribution < -0.4 is 11.5 Å². The Morgan fingerprint density at radius 3 is 1.71 bits per heavy atom. The summed E-state index contributed by atoms with van der Waals surface area (Å²) in [4.78, 5) is 0. The molecule has 2 rings (SSSR count). The zero-order valence-electron chi connectivity index (χ0n) is 23.1. The number of hydrogen-bond donors (Lipinski definition) is 7. The number of unbranched alkanes of at least 4 members (excludes halogenated alkanes) is 12. The van der Waals surface area contributed by atoms with E-state index in [1.54, 1.807) is 0 Å². The van der Waals surface area contributed by atoms with Crippen molar-refractivity contribution in [2.24, 2.45) is 11.5 Å². The first-order chi connectivity index (χ1) is 18.3. The van der Waals surface area contributed by atoms with Crippen molar-refractivity contribution in [1.82, 2.24) is 0 Å². The van der Waals surface area contributed by atoms with Gasteiger partial charge in [-0.05, 0) is 6.42 Å². The van der Waals surface area contributed by atoms with Crippen LogP contribution in [0.2, 0.25) is 0 Å². The van der Waals surface area contributed by atoms with Crippen molar-refractivity contribution in [3.63, 3.8) is 0 Å². The maximum Gasteiger partial charge on any atom is 0.187 e. The molecule has 2 aliphatic rings. The predicted molar refractivity (Wildman–Crippen MR) is 142 cm³/mol. The van der Waals surface area contributed by atoms with Crippen molar-refractivity contribution in [2.45, 2.75) is 152 Å². The van der Waals surface area contributed by atoms with Crippen molar-refractivity contribution < 1.29 is 44.5 Å². The van der Waals surface area contributed by atoms with Crippen LogP contribution in [0.25, 0.3) is 0 Å². The number of aliphatic hydroxyl groups is 5. The molecule has 2 saturated heterocycles. The van der Waals surface area contributed by atoms with Gasteiger partial charge >= 0.3 is 0 Å². The van der Waals surface area contributed by atoms with Crippen LogP contribution in [0.5, 0.6) is 0 Å². The fraction of sp³-hybridized carbons (Fsp3) is 1.00. The normalized spacial score (nSPS) is 36.0. The number of nitrogens with two attached hydrogens (primary N) is 2. The molecule has 11 nitrogen and oxygen atoms in total. The highest BCUT2D eigenvalue weighted by atomic mass is 16.7. The molecular weight excluding hydrogens is 496 g/mol. The average Bonchev–Trinajstić information content (AvgIpc) is 2.92. The maximum atomic E-state index is 10.8. The highest BCUT2D eigenvalue weighted by Crippen LogP contribution is 2.29. The van der Waals surface area contributed by atoms with Crippen LogP contribution in [0.3, 0.4) is 0 Å². The van der Waals surface area contributed by atoms with E-state index in [0.29, 0.717) is 6.61 Å². The lowest BCUT2D eigenvalue weighted by atomic mass is 9.96. The third-order valence-electron chi connectivity index (χ3n) is 7.62.